The number of hydrogen-bond donors (Lipinski definition) is 1. The second-order valence-electron chi connectivity index (χ2n) is 6.90. The number of morpholine rings is 1. The Morgan fingerprint density at radius 2 is 1.67 bits per heavy atom. The standard InChI is InChI=1S/C23H26N2O5/c1-16-4-7-18(8-5-16)22(26)24-19(23(27)25-10-12-30-13-11-25)14-17-6-9-20(28-2)21(15-17)29-3/h4-9,14-15H,10-13H2,1-3H3,(H,24,26)/b19-14-. The third-order valence-electron chi connectivity index (χ3n) is 4.81. The van der Waals surface area contributed by atoms with E-state index in [4.69, 9.17) is 14.2 Å². The number of nitrogens with zero attached hydrogens (tertiary/aromatic N) is 1. The number of ether oxygens (including phenoxy) is 3. The van der Waals surface area contributed by atoms with Gasteiger partial charge in [-0.25, -0.2) is 0 Å². The largest absolute Gasteiger partial charge is 0.493 e. The Morgan fingerprint density at radius 3 is 2.30 bits per heavy atom. The van der Waals surface area contributed by atoms with Crippen LogP contribution in [0.4, 0.5) is 0 Å². The lowest BCUT2D eigenvalue weighted by Crippen LogP contribution is -2.44. The fourth-order valence-corrected chi connectivity index (χ4v) is 3.10. The molecule has 2 aromatic carbocycles. The van der Waals surface area contributed by atoms with Crippen LogP contribution in [0.25, 0.3) is 6.08 Å². The number of nitrogens with one attached hydrogen (secondary N) is 1. The van der Waals surface area contributed by atoms with Gasteiger partial charge in [-0.3, -0.25) is 9.59 Å². The molecule has 0 unspecified atom stereocenters. The summed E-state index contributed by atoms with van der Waals surface area (Å²) in [6.07, 6.45) is 1.64. The molecular formula is C23H26N2O5. The normalized spacial score (nSPS) is 14.2. The quantitative estimate of drug-likeness (QED) is 0.741. The lowest BCUT2D eigenvalue weighted by molar-refractivity contribution is -0.131. The summed E-state index contributed by atoms with van der Waals surface area (Å²) in [7, 11) is 3.10. The topological polar surface area (TPSA) is 77.1 Å². The Balaban J connectivity index is 1.92. The number of benzene rings is 2. The fourth-order valence-electron chi connectivity index (χ4n) is 3.10. The van der Waals surface area contributed by atoms with Crippen LogP contribution < -0.4 is 14.8 Å². The van der Waals surface area contributed by atoms with E-state index in [1.165, 1.54) is 0 Å². The predicted molar refractivity (Wildman–Crippen MR) is 114 cm³/mol. The second kappa shape index (κ2) is 9.93. The van der Waals surface area contributed by atoms with Crippen molar-refractivity contribution in [2.75, 3.05) is 40.5 Å². The van der Waals surface area contributed by atoms with Crippen molar-refractivity contribution in [1.82, 2.24) is 10.2 Å². The van der Waals surface area contributed by atoms with Crippen molar-refractivity contribution in [2.45, 2.75) is 6.92 Å². The second-order valence-corrected chi connectivity index (χ2v) is 6.90. The van der Waals surface area contributed by atoms with Crippen LogP contribution in [-0.2, 0) is 9.53 Å². The first-order chi connectivity index (χ1) is 14.5. The Hall–Kier alpha value is -3.32. The van der Waals surface area contributed by atoms with E-state index in [1.54, 1.807) is 55.5 Å². The SMILES string of the molecule is COc1ccc(/C=C(\NC(=O)c2ccc(C)cc2)C(=O)N2CCOCC2)cc1OC. The molecule has 0 atom stereocenters. The maximum Gasteiger partial charge on any atom is 0.270 e. The molecule has 2 aromatic rings. The smallest absolute Gasteiger partial charge is 0.270 e. The summed E-state index contributed by atoms with van der Waals surface area (Å²) in [6, 6.07) is 12.5. The summed E-state index contributed by atoms with van der Waals surface area (Å²) < 4.78 is 15.9. The van der Waals surface area contributed by atoms with E-state index >= 15 is 0 Å². The Bertz CT molecular complexity index is 931. The Labute approximate surface area is 176 Å². The number of carbonyl (C=O) groups excluding carboxylic acids is 2. The molecule has 3 rings (SSSR count). The molecule has 7 nitrogen and oxygen atoms in total. The van der Waals surface area contributed by atoms with Gasteiger partial charge in [-0.05, 0) is 42.8 Å². The summed E-state index contributed by atoms with van der Waals surface area (Å²) in [4.78, 5) is 27.6. The summed E-state index contributed by atoms with van der Waals surface area (Å²) in [6.45, 7) is 3.85. The van der Waals surface area contributed by atoms with E-state index in [9.17, 15) is 9.59 Å². The van der Waals surface area contributed by atoms with Crippen molar-refractivity contribution >= 4 is 17.9 Å². The summed E-state index contributed by atoms with van der Waals surface area (Å²) in [5, 5.41) is 2.78. The van der Waals surface area contributed by atoms with Crippen LogP contribution in [0.3, 0.4) is 0 Å². The molecule has 1 heterocycles. The molecular weight excluding hydrogens is 384 g/mol. The van der Waals surface area contributed by atoms with E-state index in [0.29, 0.717) is 48.9 Å². The maximum atomic E-state index is 13.1. The van der Waals surface area contributed by atoms with Gasteiger partial charge in [0.1, 0.15) is 5.70 Å². The number of methoxy groups -OCH3 is 2. The molecule has 1 fully saturated rings. The highest BCUT2D eigenvalue weighted by atomic mass is 16.5. The van der Waals surface area contributed by atoms with Gasteiger partial charge in [-0.1, -0.05) is 23.8 Å². The Kier molecular flexibility index (Phi) is 7.08. The average Bonchev–Trinajstić information content (AvgIpc) is 2.79. The van der Waals surface area contributed by atoms with Gasteiger partial charge in [0, 0.05) is 18.7 Å². The lowest BCUT2D eigenvalue weighted by atomic mass is 10.1. The highest BCUT2D eigenvalue weighted by Crippen LogP contribution is 2.28. The molecule has 158 valence electrons. The summed E-state index contributed by atoms with van der Waals surface area (Å²) in [5.41, 5.74) is 2.42. The van der Waals surface area contributed by atoms with Gasteiger partial charge < -0.3 is 24.4 Å². The zero-order valence-electron chi connectivity index (χ0n) is 17.4. The van der Waals surface area contributed by atoms with Gasteiger partial charge in [-0.15, -0.1) is 0 Å². The van der Waals surface area contributed by atoms with Gasteiger partial charge in [0.15, 0.2) is 11.5 Å². The molecule has 1 aliphatic rings. The minimum absolute atomic E-state index is 0.190. The van der Waals surface area contributed by atoms with Crippen molar-refractivity contribution in [3.8, 4) is 11.5 Å². The predicted octanol–water partition coefficient (Wildman–Crippen LogP) is 2.64. The lowest BCUT2D eigenvalue weighted by Gasteiger charge is -2.28. The minimum Gasteiger partial charge on any atom is -0.493 e. The highest BCUT2D eigenvalue weighted by Gasteiger charge is 2.23. The molecule has 0 aliphatic carbocycles. The van der Waals surface area contributed by atoms with E-state index in [0.717, 1.165) is 5.56 Å². The molecule has 1 N–H and O–H groups in total. The molecule has 1 aliphatic heterocycles. The third-order valence-corrected chi connectivity index (χ3v) is 4.81. The van der Waals surface area contributed by atoms with Gasteiger partial charge >= 0.3 is 0 Å². The van der Waals surface area contributed by atoms with Crippen molar-refractivity contribution < 1.29 is 23.8 Å². The number of carbonyl (C=O) groups is 2. The number of aryl methyl sites for hydroxylation is 1. The fraction of sp³-hybridized carbons (Fsp3) is 0.304. The molecule has 0 spiro atoms. The number of rotatable bonds is 6. The first-order valence-corrected chi connectivity index (χ1v) is 9.70. The van der Waals surface area contributed by atoms with Crippen LogP contribution in [0.5, 0.6) is 11.5 Å². The molecule has 0 bridgehead atoms. The molecule has 1 saturated heterocycles. The zero-order valence-corrected chi connectivity index (χ0v) is 17.4. The van der Waals surface area contributed by atoms with Crippen LogP contribution >= 0.6 is 0 Å². The molecule has 2 amide bonds. The van der Waals surface area contributed by atoms with E-state index < -0.39 is 0 Å². The monoisotopic (exact) mass is 410 g/mol. The highest BCUT2D eigenvalue weighted by molar-refractivity contribution is 6.05. The average molecular weight is 410 g/mol. The number of amides is 2. The zero-order chi connectivity index (χ0) is 21.5. The molecule has 0 saturated carbocycles. The van der Waals surface area contributed by atoms with Crippen LogP contribution in [0, 0.1) is 6.92 Å². The summed E-state index contributed by atoms with van der Waals surface area (Å²) >= 11 is 0. The molecule has 0 aromatic heterocycles. The third kappa shape index (κ3) is 5.18. The van der Waals surface area contributed by atoms with Crippen LogP contribution in [0.15, 0.2) is 48.2 Å². The van der Waals surface area contributed by atoms with Gasteiger partial charge in [0.25, 0.3) is 11.8 Å². The maximum absolute atomic E-state index is 13.1. The van der Waals surface area contributed by atoms with Crippen LogP contribution in [0.1, 0.15) is 21.5 Å². The van der Waals surface area contributed by atoms with Crippen molar-refractivity contribution in [1.29, 1.82) is 0 Å². The Morgan fingerprint density at radius 1 is 1.00 bits per heavy atom. The van der Waals surface area contributed by atoms with E-state index in [2.05, 4.69) is 5.32 Å². The first-order valence-electron chi connectivity index (χ1n) is 9.70. The van der Waals surface area contributed by atoms with E-state index in [-0.39, 0.29) is 17.5 Å². The minimum atomic E-state index is -0.344. The first kappa shape index (κ1) is 21.4. The van der Waals surface area contributed by atoms with Crippen molar-refractivity contribution in [2.24, 2.45) is 0 Å². The van der Waals surface area contributed by atoms with Crippen molar-refractivity contribution in [3.63, 3.8) is 0 Å². The summed E-state index contributed by atoms with van der Waals surface area (Å²) in [5.74, 6) is 0.519. The van der Waals surface area contributed by atoms with Gasteiger partial charge in [0.2, 0.25) is 0 Å². The van der Waals surface area contributed by atoms with Crippen LogP contribution in [0.2, 0.25) is 0 Å². The van der Waals surface area contributed by atoms with Gasteiger partial charge in [0.05, 0.1) is 27.4 Å². The molecule has 7 heteroatoms. The van der Waals surface area contributed by atoms with Crippen LogP contribution in [-0.4, -0.2) is 57.2 Å². The van der Waals surface area contributed by atoms with E-state index in [1.807, 2.05) is 19.1 Å². The molecule has 30 heavy (non-hydrogen) atoms. The molecule has 0 radical (unpaired) electrons. The number of hydrogen-bond acceptors (Lipinski definition) is 5. The van der Waals surface area contributed by atoms with Crippen molar-refractivity contribution in [3.05, 3.63) is 64.9 Å². The van der Waals surface area contributed by atoms with Gasteiger partial charge in [-0.2, -0.15) is 0 Å².